The van der Waals surface area contributed by atoms with Gasteiger partial charge in [-0.15, -0.1) is 10.2 Å². The lowest BCUT2D eigenvalue weighted by Gasteiger charge is -2.36. The number of rotatable bonds is 6. The molecule has 0 spiro atoms. The summed E-state index contributed by atoms with van der Waals surface area (Å²) in [6.45, 7) is 3.14. The highest BCUT2D eigenvalue weighted by atomic mass is 32.2. The topological polar surface area (TPSA) is 78.4 Å². The van der Waals surface area contributed by atoms with E-state index in [2.05, 4.69) is 20.4 Å². The number of anilines is 1. The molecule has 1 aromatic rings. The van der Waals surface area contributed by atoms with E-state index >= 15 is 0 Å². The highest BCUT2D eigenvalue weighted by Crippen LogP contribution is 2.30. The van der Waals surface area contributed by atoms with E-state index in [4.69, 9.17) is 0 Å². The Morgan fingerprint density at radius 2 is 1.66 bits per heavy atom. The van der Waals surface area contributed by atoms with Crippen molar-refractivity contribution >= 4 is 40.0 Å². The second kappa shape index (κ2) is 10.1. The molecule has 0 radical (unpaired) electrons. The van der Waals surface area contributed by atoms with Gasteiger partial charge in [0.1, 0.15) is 0 Å². The van der Waals surface area contributed by atoms with Crippen molar-refractivity contribution in [2.45, 2.75) is 68.2 Å². The van der Waals surface area contributed by atoms with E-state index in [-0.39, 0.29) is 11.8 Å². The van der Waals surface area contributed by atoms with Gasteiger partial charge in [-0.25, -0.2) is 0 Å². The predicted octanol–water partition coefficient (Wildman–Crippen LogP) is 2.92. The molecule has 4 rings (SSSR count). The van der Waals surface area contributed by atoms with Crippen molar-refractivity contribution < 1.29 is 9.59 Å². The molecule has 2 amide bonds. The van der Waals surface area contributed by atoms with Gasteiger partial charge in [-0.05, 0) is 25.7 Å². The molecule has 29 heavy (non-hydrogen) atoms. The molecule has 9 heteroatoms. The van der Waals surface area contributed by atoms with Crippen LogP contribution in [0.25, 0.3) is 0 Å². The fraction of sp³-hybridized carbons (Fsp3) is 0.800. The van der Waals surface area contributed by atoms with Gasteiger partial charge < -0.3 is 15.1 Å². The molecule has 160 valence electrons. The van der Waals surface area contributed by atoms with Crippen LogP contribution in [0.4, 0.5) is 5.13 Å². The fourth-order valence-corrected chi connectivity index (χ4v) is 6.28. The second-order valence-corrected chi connectivity index (χ2v) is 10.5. The van der Waals surface area contributed by atoms with Gasteiger partial charge in [0, 0.05) is 38.1 Å². The van der Waals surface area contributed by atoms with Crippen molar-refractivity contribution in [2.24, 2.45) is 5.92 Å². The van der Waals surface area contributed by atoms with Crippen LogP contribution in [0.3, 0.4) is 0 Å². The molecule has 7 nitrogen and oxygen atoms in total. The van der Waals surface area contributed by atoms with Crippen molar-refractivity contribution in [3.8, 4) is 0 Å². The summed E-state index contributed by atoms with van der Waals surface area (Å²) >= 11 is 3.01. The number of carbonyl (C=O) groups is 2. The number of hydrogen-bond donors (Lipinski definition) is 1. The lowest BCUT2D eigenvalue weighted by Crippen LogP contribution is -2.50. The summed E-state index contributed by atoms with van der Waals surface area (Å²) in [4.78, 5) is 29.1. The van der Waals surface area contributed by atoms with Gasteiger partial charge in [0.15, 0.2) is 4.34 Å². The van der Waals surface area contributed by atoms with Gasteiger partial charge in [0.05, 0.1) is 5.75 Å². The zero-order valence-corrected chi connectivity index (χ0v) is 18.6. The van der Waals surface area contributed by atoms with Crippen LogP contribution < -0.4 is 10.2 Å². The Morgan fingerprint density at radius 1 is 0.966 bits per heavy atom. The van der Waals surface area contributed by atoms with Crippen LogP contribution in [0.5, 0.6) is 0 Å². The van der Waals surface area contributed by atoms with Crippen LogP contribution in [0.1, 0.15) is 57.8 Å². The van der Waals surface area contributed by atoms with Crippen LogP contribution >= 0.6 is 23.1 Å². The highest BCUT2D eigenvalue weighted by molar-refractivity contribution is 8.01. The average Bonchev–Trinajstić information content (AvgIpc) is 3.45. The SMILES string of the molecule is O=C(CSc1nnc(N2CCN(C(=O)C3CCCCC3)CC2)s1)NC1CCCC1. The molecule has 0 atom stereocenters. The molecule has 2 saturated carbocycles. The third-order valence-electron chi connectivity index (χ3n) is 6.26. The minimum Gasteiger partial charge on any atom is -0.353 e. The van der Waals surface area contributed by atoms with E-state index in [1.165, 1.54) is 43.9 Å². The fourth-order valence-electron chi connectivity index (χ4n) is 4.58. The van der Waals surface area contributed by atoms with E-state index in [0.29, 0.717) is 17.7 Å². The Balaban J connectivity index is 1.20. The number of thioether (sulfide) groups is 1. The molecule has 3 aliphatic rings. The van der Waals surface area contributed by atoms with Gasteiger partial charge in [-0.2, -0.15) is 0 Å². The maximum Gasteiger partial charge on any atom is 0.230 e. The number of carbonyl (C=O) groups excluding carboxylic acids is 2. The minimum absolute atomic E-state index is 0.0912. The minimum atomic E-state index is 0.0912. The largest absolute Gasteiger partial charge is 0.353 e. The van der Waals surface area contributed by atoms with E-state index < -0.39 is 0 Å². The molecule has 2 heterocycles. The summed E-state index contributed by atoms with van der Waals surface area (Å²) < 4.78 is 0.835. The van der Waals surface area contributed by atoms with E-state index in [1.54, 1.807) is 11.3 Å². The molecule has 1 saturated heterocycles. The Kier molecular flexibility index (Phi) is 7.29. The van der Waals surface area contributed by atoms with Crippen molar-refractivity contribution in [3.05, 3.63) is 0 Å². The Hall–Kier alpha value is -1.35. The zero-order valence-electron chi connectivity index (χ0n) is 17.0. The third-order valence-corrected chi connectivity index (χ3v) is 8.38. The van der Waals surface area contributed by atoms with Crippen LogP contribution in [0, 0.1) is 5.92 Å². The lowest BCUT2D eigenvalue weighted by atomic mass is 9.88. The first kappa shape index (κ1) is 20.9. The number of amides is 2. The Bertz CT molecular complexity index is 693. The molecule has 1 N–H and O–H groups in total. The molecule has 1 aliphatic heterocycles. The van der Waals surface area contributed by atoms with Crippen LogP contribution in [0.15, 0.2) is 4.34 Å². The molecule has 2 aliphatic carbocycles. The van der Waals surface area contributed by atoms with Crippen LogP contribution in [0.2, 0.25) is 0 Å². The monoisotopic (exact) mass is 437 g/mol. The van der Waals surface area contributed by atoms with Crippen LogP contribution in [-0.2, 0) is 9.59 Å². The number of nitrogens with zero attached hydrogens (tertiary/aromatic N) is 4. The maximum absolute atomic E-state index is 12.7. The summed E-state index contributed by atoms with van der Waals surface area (Å²) in [5, 5.41) is 12.6. The quantitative estimate of drug-likeness (QED) is 0.690. The number of aromatic nitrogens is 2. The molecule has 0 unspecified atom stereocenters. The summed E-state index contributed by atoms with van der Waals surface area (Å²) in [7, 11) is 0. The first-order valence-corrected chi connectivity index (χ1v) is 12.8. The summed E-state index contributed by atoms with van der Waals surface area (Å²) in [6.07, 6.45) is 10.4. The summed E-state index contributed by atoms with van der Waals surface area (Å²) in [6, 6.07) is 0.362. The van der Waals surface area contributed by atoms with Gasteiger partial charge in [0.2, 0.25) is 16.9 Å². The van der Waals surface area contributed by atoms with Crippen molar-refractivity contribution in [1.29, 1.82) is 0 Å². The third kappa shape index (κ3) is 5.63. The molecule has 3 fully saturated rings. The van der Waals surface area contributed by atoms with E-state index in [1.807, 2.05) is 4.90 Å². The number of nitrogens with one attached hydrogen (secondary N) is 1. The second-order valence-electron chi connectivity index (χ2n) is 8.34. The highest BCUT2D eigenvalue weighted by Gasteiger charge is 2.29. The molecule has 0 aromatic carbocycles. The first-order valence-electron chi connectivity index (χ1n) is 11.0. The van der Waals surface area contributed by atoms with E-state index in [0.717, 1.165) is 61.3 Å². The van der Waals surface area contributed by atoms with Gasteiger partial charge in [0.25, 0.3) is 0 Å². The normalized spacial score (nSPS) is 21.5. The molecule has 1 aromatic heterocycles. The molecular weight excluding hydrogens is 406 g/mol. The summed E-state index contributed by atoms with van der Waals surface area (Å²) in [5.41, 5.74) is 0. The predicted molar refractivity (Wildman–Crippen MR) is 116 cm³/mol. The summed E-state index contributed by atoms with van der Waals surface area (Å²) in [5.74, 6) is 1.09. The van der Waals surface area contributed by atoms with Crippen LogP contribution in [-0.4, -0.2) is 64.9 Å². The number of hydrogen-bond acceptors (Lipinski definition) is 7. The average molecular weight is 438 g/mol. The molecule has 0 bridgehead atoms. The first-order chi connectivity index (χ1) is 14.2. The lowest BCUT2D eigenvalue weighted by molar-refractivity contribution is -0.136. The number of piperazine rings is 1. The van der Waals surface area contributed by atoms with Gasteiger partial charge in [-0.3, -0.25) is 9.59 Å². The molecular formula is C20H31N5O2S2. The zero-order chi connectivity index (χ0) is 20.1. The van der Waals surface area contributed by atoms with Gasteiger partial charge in [-0.1, -0.05) is 55.2 Å². The standard InChI is InChI=1S/C20H31N5O2S2/c26-17(21-16-8-4-5-9-16)14-28-20-23-22-19(29-20)25-12-10-24(11-13-25)18(27)15-6-2-1-3-7-15/h15-16H,1-14H2,(H,21,26). The van der Waals surface area contributed by atoms with Crippen molar-refractivity contribution in [1.82, 2.24) is 20.4 Å². The van der Waals surface area contributed by atoms with Crippen molar-refractivity contribution in [2.75, 3.05) is 36.8 Å². The maximum atomic E-state index is 12.7. The van der Waals surface area contributed by atoms with E-state index in [9.17, 15) is 9.59 Å². The smallest absolute Gasteiger partial charge is 0.230 e. The van der Waals surface area contributed by atoms with Gasteiger partial charge >= 0.3 is 0 Å². The van der Waals surface area contributed by atoms with Crippen molar-refractivity contribution in [3.63, 3.8) is 0 Å². The Morgan fingerprint density at radius 3 is 2.38 bits per heavy atom. The Labute approximate surface area is 181 Å².